The smallest absolute Gasteiger partial charge is 0.116 e. The summed E-state index contributed by atoms with van der Waals surface area (Å²) in [6.45, 7) is 0. The third kappa shape index (κ3) is 5.24. The van der Waals surface area contributed by atoms with Crippen molar-refractivity contribution in [1.29, 1.82) is 47.4 Å². The summed E-state index contributed by atoms with van der Waals surface area (Å²) in [4.78, 5) is 0. The molecule has 0 bridgehead atoms. The van der Waals surface area contributed by atoms with Crippen molar-refractivity contribution in [2.75, 3.05) is 0 Å². The Labute approximate surface area is 304 Å². The average Bonchev–Trinajstić information content (AvgIpc) is 3.83. The molecule has 4 rings (SSSR count). The molecule has 1 aliphatic rings. The van der Waals surface area contributed by atoms with Gasteiger partial charge >= 0.3 is 0 Å². The first-order valence-electron chi connectivity index (χ1n) is 13.6. The number of nitriles is 9. The van der Waals surface area contributed by atoms with Crippen molar-refractivity contribution in [1.82, 2.24) is 0 Å². The second-order valence-electron chi connectivity index (χ2n) is 10.4. The normalized spacial score (nSPS) is 10.8. The molecule has 3 aromatic carbocycles. The molecule has 9 nitrogen and oxygen atoms in total. The summed E-state index contributed by atoms with van der Waals surface area (Å²) in [7, 11) is 55.0. The Morgan fingerprint density at radius 3 is 0.608 bits per heavy atom. The van der Waals surface area contributed by atoms with Gasteiger partial charge in [-0.2, -0.15) is 47.4 Å². The molecular formula is C33B9N9. The van der Waals surface area contributed by atoms with E-state index in [9.17, 15) is 47.4 Å². The first-order valence-corrected chi connectivity index (χ1v) is 13.6. The lowest BCUT2D eigenvalue weighted by Gasteiger charge is -2.17. The highest BCUT2D eigenvalue weighted by molar-refractivity contribution is 6.55. The van der Waals surface area contributed by atoms with Crippen LogP contribution in [0.2, 0.25) is 0 Å². The van der Waals surface area contributed by atoms with Gasteiger partial charge in [0.15, 0.2) is 0 Å². The minimum Gasteiger partial charge on any atom is -0.192 e. The Bertz CT molecular complexity index is 2420. The van der Waals surface area contributed by atoms with Crippen LogP contribution in [0.4, 0.5) is 0 Å². The SMILES string of the molecule is [B]c1c([B])c(C#N)c(C(C#N)=C2C(=C(C#N)c3c([B])c(C#N)c([B])c([B])c3C#N)C2=C(C#N)c2c([B])c(C#N)c([B])c([B])c2C#N)c([B])c1C#N. The Hall–Kier alpha value is -7.13. The van der Waals surface area contributed by atoms with Gasteiger partial charge in [-0.05, 0) is 0 Å². The fourth-order valence-corrected chi connectivity index (χ4v) is 5.56. The third-order valence-electron chi connectivity index (χ3n) is 8.05. The lowest BCUT2D eigenvalue weighted by Crippen LogP contribution is -2.39. The summed E-state index contributed by atoms with van der Waals surface area (Å²) in [5.74, 6) is 0. The molecule has 204 valence electrons. The monoisotopic (exact) mass is 621 g/mol. The molecule has 0 aromatic heterocycles. The molecule has 0 N–H and O–H groups in total. The van der Waals surface area contributed by atoms with E-state index in [1.807, 2.05) is 18.2 Å². The van der Waals surface area contributed by atoms with Crippen LogP contribution in [0, 0.1) is 102 Å². The predicted octanol–water partition coefficient (Wildman–Crippen LogP) is -5.69. The second kappa shape index (κ2) is 13.8. The van der Waals surface area contributed by atoms with Crippen molar-refractivity contribution in [3.63, 3.8) is 0 Å². The molecule has 0 aliphatic heterocycles. The Kier molecular flexibility index (Phi) is 9.91. The van der Waals surface area contributed by atoms with Gasteiger partial charge in [0.1, 0.15) is 88.8 Å². The van der Waals surface area contributed by atoms with Gasteiger partial charge in [-0.15, -0.1) is 0 Å². The summed E-state index contributed by atoms with van der Waals surface area (Å²) in [6, 6.07) is 16.2. The summed E-state index contributed by atoms with van der Waals surface area (Å²) < 4.78 is 0. The molecule has 0 unspecified atom stereocenters. The van der Waals surface area contributed by atoms with E-state index in [0.29, 0.717) is 0 Å². The van der Waals surface area contributed by atoms with E-state index < -0.39 is 99.6 Å². The Balaban J connectivity index is 2.48. The van der Waals surface area contributed by atoms with Crippen molar-refractivity contribution in [2.45, 2.75) is 0 Å². The quantitative estimate of drug-likeness (QED) is 0.201. The number of rotatable bonds is 3. The molecule has 18 radical (unpaired) electrons. The van der Waals surface area contributed by atoms with Crippen LogP contribution in [0.5, 0.6) is 0 Å². The van der Waals surface area contributed by atoms with Crippen molar-refractivity contribution in [3.8, 4) is 54.6 Å². The van der Waals surface area contributed by atoms with Crippen LogP contribution in [-0.4, -0.2) is 70.6 Å². The van der Waals surface area contributed by atoms with E-state index in [2.05, 4.69) is 0 Å². The van der Waals surface area contributed by atoms with Crippen molar-refractivity contribution < 1.29 is 0 Å². The van der Waals surface area contributed by atoms with Gasteiger partial charge in [0, 0.05) is 50.1 Å². The molecule has 1 saturated carbocycles. The summed E-state index contributed by atoms with van der Waals surface area (Å²) >= 11 is 0. The molecule has 0 atom stereocenters. The molecule has 0 spiro atoms. The fourth-order valence-electron chi connectivity index (χ4n) is 5.56. The molecule has 0 amide bonds. The lowest BCUT2D eigenvalue weighted by molar-refractivity contribution is 1.47. The van der Waals surface area contributed by atoms with Gasteiger partial charge in [-0.25, -0.2) is 0 Å². The Morgan fingerprint density at radius 2 is 0.451 bits per heavy atom. The highest BCUT2D eigenvalue weighted by Gasteiger charge is 2.44. The lowest BCUT2D eigenvalue weighted by atomic mass is 9.67. The van der Waals surface area contributed by atoms with E-state index in [0.717, 1.165) is 0 Å². The number of hydrogen-bond donors (Lipinski definition) is 0. The number of hydrogen-bond acceptors (Lipinski definition) is 9. The average molecular weight is 620 g/mol. The van der Waals surface area contributed by atoms with Gasteiger partial charge in [0.2, 0.25) is 0 Å². The van der Waals surface area contributed by atoms with E-state index in [1.165, 1.54) is 0 Å². The maximum Gasteiger partial charge on any atom is 0.116 e. The number of nitrogens with zero attached hydrogens (tertiary/aromatic N) is 9. The van der Waals surface area contributed by atoms with Crippen molar-refractivity contribution >= 4 is 137 Å². The minimum absolute atomic E-state index is 0.309. The Morgan fingerprint density at radius 1 is 0.275 bits per heavy atom. The molecule has 1 aliphatic carbocycles. The van der Waals surface area contributed by atoms with Crippen LogP contribution in [0.25, 0.3) is 16.7 Å². The van der Waals surface area contributed by atoms with Gasteiger partial charge in [0.25, 0.3) is 0 Å². The summed E-state index contributed by atoms with van der Waals surface area (Å²) in [5.41, 5.74) is -10.2. The fraction of sp³-hybridized carbons (Fsp3) is 0. The maximum atomic E-state index is 10.6. The van der Waals surface area contributed by atoms with E-state index in [1.54, 1.807) is 36.4 Å². The van der Waals surface area contributed by atoms with Crippen LogP contribution in [0.3, 0.4) is 0 Å². The molecule has 1 fully saturated rings. The zero-order chi connectivity index (χ0) is 38.2. The highest BCUT2D eigenvalue weighted by Crippen LogP contribution is 2.56. The largest absolute Gasteiger partial charge is 0.192 e. The third-order valence-corrected chi connectivity index (χ3v) is 8.05. The molecule has 3 aromatic rings. The zero-order valence-corrected chi connectivity index (χ0v) is 25.7. The summed E-state index contributed by atoms with van der Waals surface area (Å²) in [6.07, 6.45) is 0. The predicted molar refractivity (Wildman–Crippen MR) is 194 cm³/mol. The molecule has 0 saturated heterocycles. The second-order valence-corrected chi connectivity index (χ2v) is 10.4. The van der Waals surface area contributed by atoms with E-state index in [-0.39, 0.29) is 33.1 Å². The maximum absolute atomic E-state index is 10.6. The van der Waals surface area contributed by atoms with Gasteiger partial charge in [-0.3, -0.25) is 0 Å². The van der Waals surface area contributed by atoms with E-state index >= 15 is 0 Å². The minimum atomic E-state index is -0.542. The summed E-state index contributed by atoms with van der Waals surface area (Å²) in [5, 5.41) is 91.6. The standard InChI is InChI=1S/C33B9N9/c34-25-16(7-49)31(40)28(37)13(4-46)19(25)10(1-43)22-23(11(2-44)20-14(5-47)29(38)32(41)17(8-50)26(20)35)24(22)12(3-45)21-15(6-48)30(39)33(42)18(9-51)27(21)36. The van der Waals surface area contributed by atoms with Crippen molar-refractivity contribution in [3.05, 3.63) is 66.8 Å². The van der Waals surface area contributed by atoms with Crippen LogP contribution >= 0.6 is 0 Å². The first-order chi connectivity index (χ1) is 24.2. The topological polar surface area (TPSA) is 214 Å². The molecule has 51 heavy (non-hydrogen) atoms. The number of benzene rings is 3. The first kappa shape index (κ1) is 36.7. The van der Waals surface area contributed by atoms with Crippen molar-refractivity contribution in [2.24, 2.45) is 0 Å². The van der Waals surface area contributed by atoms with Gasteiger partial charge in [-0.1, -0.05) is 49.2 Å². The molecule has 18 heteroatoms. The van der Waals surface area contributed by atoms with E-state index in [4.69, 9.17) is 70.6 Å². The zero-order valence-electron chi connectivity index (χ0n) is 25.7. The van der Waals surface area contributed by atoms with Crippen LogP contribution in [0.1, 0.15) is 50.1 Å². The number of allylic oxidation sites excluding steroid dienone is 6. The van der Waals surface area contributed by atoms with Gasteiger partial charge in [0.05, 0.1) is 69.8 Å². The van der Waals surface area contributed by atoms with Crippen LogP contribution in [-0.2, 0) is 0 Å². The van der Waals surface area contributed by atoms with Gasteiger partial charge < -0.3 is 0 Å². The van der Waals surface area contributed by atoms with Crippen LogP contribution in [0.15, 0.2) is 16.7 Å². The highest BCUT2D eigenvalue weighted by atomic mass is 14.5. The van der Waals surface area contributed by atoms with Crippen LogP contribution < -0.4 is 49.2 Å². The molecular weight excluding hydrogens is 620 g/mol. The molecule has 0 heterocycles.